The molecule has 0 unspecified atom stereocenters. The highest BCUT2D eigenvalue weighted by Crippen LogP contribution is 2.20. The number of aryl methyl sites for hydroxylation is 1. The van der Waals surface area contributed by atoms with Crippen LogP contribution in [0.1, 0.15) is 30.8 Å². The minimum Gasteiger partial charge on any atom is -0.353 e. The molecule has 128 valence electrons. The van der Waals surface area contributed by atoms with Crippen LogP contribution in [0.25, 0.3) is 0 Å². The third kappa shape index (κ3) is 3.67. The van der Waals surface area contributed by atoms with Gasteiger partial charge < -0.3 is 9.88 Å². The van der Waals surface area contributed by atoms with E-state index in [0.717, 1.165) is 38.3 Å². The Kier molecular flexibility index (Phi) is 5.30. The van der Waals surface area contributed by atoms with Crippen LogP contribution >= 0.6 is 0 Å². The van der Waals surface area contributed by atoms with Crippen molar-refractivity contribution in [1.29, 1.82) is 0 Å². The molecule has 0 saturated heterocycles. The Morgan fingerprint density at radius 1 is 1.33 bits per heavy atom. The van der Waals surface area contributed by atoms with Crippen LogP contribution in [0.3, 0.4) is 0 Å². The second-order valence-corrected chi connectivity index (χ2v) is 6.35. The quantitative estimate of drug-likeness (QED) is 0.883. The lowest BCUT2D eigenvalue weighted by Gasteiger charge is -2.32. The zero-order valence-corrected chi connectivity index (χ0v) is 14.5. The number of carbonyl (C=O) groups is 1. The van der Waals surface area contributed by atoms with Gasteiger partial charge in [0.05, 0.1) is 6.04 Å². The lowest BCUT2D eigenvalue weighted by molar-refractivity contribution is -0.126. The van der Waals surface area contributed by atoms with Crippen molar-refractivity contribution in [1.82, 2.24) is 19.8 Å². The molecular weight excluding hydrogens is 300 g/mol. The number of fused-ring (bicyclic) bond motifs is 1. The third-order valence-corrected chi connectivity index (χ3v) is 4.86. The number of hydrogen-bond acceptors (Lipinski definition) is 3. The molecule has 1 N–H and O–H groups in total. The van der Waals surface area contributed by atoms with Crippen molar-refractivity contribution >= 4 is 5.91 Å². The second-order valence-electron chi connectivity index (χ2n) is 6.35. The lowest BCUT2D eigenvalue weighted by Crippen LogP contribution is -2.47. The molecule has 24 heavy (non-hydrogen) atoms. The Balaban J connectivity index is 1.50. The first-order valence-electron chi connectivity index (χ1n) is 8.77. The topological polar surface area (TPSA) is 50.2 Å². The fraction of sp³-hybridized carbons (Fsp3) is 0.474. The number of imidazole rings is 1. The van der Waals surface area contributed by atoms with E-state index in [9.17, 15) is 4.79 Å². The van der Waals surface area contributed by atoms with E-state index in [2.05, 4.69) is 51.0 Å². The highest BCUT2D eigenvalue weighted by atomic mass is 16.2. The van der Waals surface area contributed by atoms with E-state index < -0.39 is 0 Å². The molecule has 3 rings (SSSR count). The van der Waals surface area contributed by atoms with Crippen LogP contribution in [0.4, 0.5) is 0 Å². The van der Waals surface area contributed by atoms with Gasteiger partial charge in [0.15, 0.2) is 0 Å². The summed E-state index contributed by atoms with van der Waals surface area (Å²) in [7, 11) is 0. The van der Waals surface area contributed by atoms with Crippen molar-refractivity contribution in [2.24, 2.45) is 0 Å². The summed E-state index contributed by atoms with van der Waals surface area (Å²) in [6.45, 7) is 7.28. The Morgan fingerprint density at radius 3 is 2.92 bits per heavy atom. The Labute approximate surface area is 143 Å². The maximum Gasteiger partial charge on any atom is 0.237 e. The Morgan fingerprint density at radius 2 is 2.12 bits per heavy atom. The van der Waals surface area contributed by atoms with Crippen molar-refractivity contribution in [2.75, 3.05) is 13.1 Å². The van der Waals surface area contributed by atoms with Gasteiger partial charge in [0.1, 0.15) is 5.82 Å². The van der Waals surface area contributed by atoms with E-state index in [-0.39, 0.29) is 11.9 Å². The normalized spacial score (nSPS) is 15.8. The molecule has 0 bridgehead atoms. The van der Waals surface area contributed by atoms with Crippen LogP contribution in [-0.4, -0.2) is 39.5 Å². The van der Waals surface area contributed by atoms with Gasteiger partial charge >= 0.3 is 0 Å². The molecule has 2 aromatic rings. The maximum atomic E-state index is 12.5. The molecule has 1 aliphatic rings. The first kappa shape index (κ1) is 16.7. The van der Waals surface area contributed by atoms with E-state index in [1.165, 1.54) is 11.1 Å². The molecule has 0 saturated carbocycles. The van der Waals surface area contributed by atoms with Gasteiger partial charge in [-0.2, -0.15) is 0 Å². The molecule has 1 atom stereocenters. The number of benzene rings is 1. The van der Waals surface area contributed by atoms with Gasteiger partial charge in [-0.05, 0) is 24.5 Å². The number of hydrogen-bond donors (Lipinski definition) is 1. The van der Waals surface area contributed by atoms with Gasteiger partial charge in [-0.25, -0.2) is 4.98 Å². The fourth-order valence-corrected chi connectivity index (χ4v) is 3.32. The van der Waals surface area contributed by atoms with Gasteiger partial charge in [0.2, 0.25) is 5.91 Å². The maximum absolute atomic E-state index is 12.5. The van der Waals surface area contributed by atoms with E-state index >= 15 is 0 Å². The average molecular weight is 326 g/mol. The van der Waals surface area contributed by atoms with Crippen LogP contribution in [0.15, 0.2) is 36.7 Å². The molecular formula is C19H26N4O. The van der Waals surface area contributed by atoms with E-state index in [4.69, 9.17) is 0 Å². The van der Waals surface area contributed by atoms with Gasteiger partial charge in [-0.15, -0.1) is 0 Å². The first-order valence-corrected chi connectivity index (χ1v) is 8.77. The van der Waals surface area contributed by atoms with E-state index in [0.29, 0.717) is 6.54 Å². The average Bonchev–Trinajstić information content (AvgIpc) is 3.08. The lowest BCUT2D eigenvalue weighted by atomic mass is 9.99. The van der Waals surface area contributed by atoms with Gasteiger partial charge in [0, 0.05) is 45.0 Å². The van der Waals surface area contributed by atoms with Crippen molar-refractivity contribution in [3.63, 3.8) is 0 Å². The van der Waals surface area contributed by atoms with Crippen LogP contribution < -0.4 is 5.32 Å². The minimum absolute atomic E-state index is 0.104. The van der Waals surface area contributed by atoms with E-state index in [1.807, 2.05) is 19.3 Å². The van der Waals surface area contributed by atoms with Crippen LogP contribution in [0.2, 0.25) is 0 Å². The number of aromatic nitrogens is 2. The number of rotatable bonds is 6. The molecule has 1 amide bonds. The Hall–Kier alpha value is -2.14. The predicted molar refractivity (Wildman–Crippen MR) is 94.6 cm³/mol. The standard InChI is InChI=1S/C19H26N4O/c1-3-18-20-9-12-22(18)13-10-21-19(24)15(2)23-11-8-16-6-4-5-7-17(16)14-23/h4-7,9,12,15H,3,8,10-11,13-14H2,1-2H3,(H,21,24)/t15-/m1/s1. The molecule has 0 fully saturated rings. The summed E-state index contributed by atoms with van der Waals surface area (Å²) in [5.74, 6) is 1.16. The highest BCUT2D eigenvalue weighted by Gasteiger charge is 2.24. The summed E-state index contributed by atoms with van der Waals surface area (Å²) in [5.41, 5.74) is 2.75. The van der Waals surface area contributed by atoms with Gasteiger partial charge in [0.25, 0.3) is 0 Å². The highest BCUT2D eigenvalue weighted by molar-refractivity contribution is 5.81. The monoisotopic (exact) mass is 326 g/mol. The molecule has 1 aliphatic heterocycles. The second kappa shape index (κ2) is 7.62. The largest absolute Gasteiger partial charge is 0.353 e. The summed E-state index contributed by atoms with van der Waals surface area (Å²) >= 11 is 0. The summed E-state index contributed by atoms with van der Waals surface area (Å²) in [6.07, 6.45) is 5.71. The SMILES string of the molecule is CCc1nccn1CCNC(=O)[C@@H](C)N1CCc2ccccc2C1. The number of nitrogens with zero attached hydrogens (tertiary/aromatic N) is 3. The fourth-order valence-electron chi connectivity index (χ4n) is 3.32. The number of carbonyl (C=O) groups excluding carboxylic acids is 1. The van der Waals surface area contributed by atoms with Crippen molar-refractivity contribution in [3.05, 3.63) is 53.6 Å². The number of amides is 1. The first-order chi connectivity index (χ1) is 11.7. The van der Waals surface area contributed by atoms with Crippen LogP contribution in [0, 0.1) is 0 Å². The van der Waals surface area contributed by atoms with Crippen LogP contribution in [-0.2, 0) is 30.7 Å². The smallest absolute Gasteiger partial charge is 0.237 e. The summed E-state index contributed by atoms with van der Waals surface area (Å²) in [4.78, 5) is 19.0. The van der Waals surface area contributed by atoms with Gasteiger partial charge in [-0.3, -0.25) is 9.69 Å². The van der Waals surface area contributed by atoms with Crippen molar-refractivity contribution in [2.45, 2.75) is 45.8 Å². The third-order valence-electron chi connectivity index (χ3n) is 4.86. The summed E-state index contributed by atoms with van der Waals surface area (Å²) in [6, 6.07) is 8.41. The molecule has 0 spiro atoms. The molecule has 5 heteroatoms. The molecule has 2 heterocycles. The van der Waals surface area contributed by atoms with Gasteiger partial charge in [-0.1, -0.05) is 31.2 Å². The molecule has 1 aromatic carbocycles. The summed E-state index contributed by atoms with van der Waals surface area (Å²) < 4.78 is 2.10. The zero-order valence-electron chi connectivity index (χ0n) is 14.5. The molecule has 0 aliphatic carbocycles. The number of nitrogens with one attached hydrogen (secondary N) is 1. The Bertz CT molecular complexity index is 694. The predicted octanol–water partition coefficient (Wildman–Crippen LogP) is 2.01. The van der Waals surface area contributed by atoms with Crippen molar-refractivity contribution < 1.29 is 4.79 Å². The van der Waals surface area contributed by atoms with Crippen molar-refractivity contribution in [3.8, 4) is 0 Å². The van der Waals surface area contributed by atoms with Crippen LogP contribution in [0.5, 0.6) is 0 Å². The molecule has 1 aromatic heterocycles. The molecule has 5 nitrogen and oxygen atoms in total. The molecule has 0 radical (unpaired) electrons. The summed E-state index contributed by atoms with van der Waals surface area (Å²) in [5, 5.41) is 3.06. The minimum atomic E-state index is -0.105. The van der Waals surface area contributed by atoms with E-state index in [1.54, 1.807) is 0 Å². The zero-order chi connectivity index (χ0) is 16.9.